The normalized spacial score (nSPS) is 16.4. The van der Waals surface area contributed by atoms with E-state index in [1.54, 1.807) is 24.3 Å². The Morgan fingerprint density at radius 2 is 1.64 bits per heavy atom. The molecule has 2 N–H and O–H groups in total. The molecule has 2 aliphatic rings. The first-order valence-corrected chi connectivity index (χ1v) is 14.0. The minimum Gasteiger partial charge on any atom is -0.334 e. The Kier molecular flexibility index (Phi) is 6.39. The summed E-state index contributed by atoms with van der Waals surface area (Å²) in [5.74, 6) is 0. The number of carbonyl (C=O) groups is 1. The van der Waals surface area contributed by atoms with Crippen molar-refractivity contribution >= 4 is 21.7 Å². The van der Waals surface area contributed by atoms with Gasteiger partial charge in [0.15, 0.2) is 0 Å². The fraction of sp³-hybridized carbons (Fsp3) is 0.345. The molecule has 7 heteroatoms. The van der Waals surface area contributed by atoms with Gasteiger partial charge in [0.25, 0.3) is 0 Å². The van der Waals surface area contributed by atoms with Crippen LogP contribution >= 0.6 is 0 Å². The summed E-state index contributed by atoms with van der Waals surface area (Å²) < 4.78 is 26.2. The number of nitrogens with zero attached hydrogens (tertiary/aromatic N) is 1. The average molecular weight is 504 g/mol. The van der Waals surface area contributed by atoms with E-state index in [2.05, 4.69) is 60.3 Å². The molecule has 3 aromatic rings. The standard InChI is InChI=1S/C29H33N3O3S/c1-20-7-6-8-21(2)27(20)23-11-14-26-25(17-23)29(15-4-5-16-29)19-32(26)28(33)31-18-22-9-12-24(13-10-22)36(34,35)30-3/h6-14,17,30H,4-5,15-16,18-19H2,1-3H3,(H,31,33). The highest BCUT2D eigenvalue weighted by molar-refractivity contribution is 7.89. The number of nitrogens with one attached hydrogen (secondary N) is 2. The number of sulfonamides is 1. The highest BCUT2D eigenvalue weighted by Gasteiger charge is 2.46. The van der Waals surface area contributed by atoms with Crippen LogP contribution in [0.5, 0.6) is 0 Å². The summed E-state index contributed by atoms with van der Waals surface area (Å²) in [6.45, 7) is 5.34. The van der Waals surface area contributed by atoms with E-state index in [0.29, 0.717) is 13.1 Å². The van der Waals surface area contributed by atoms with Gasteiger partial charge in [-0.2, -0.15) is 0 Å². The van der Waals surface area contributed by atoms with Crippen LogP contribution in [0.25, 0.3) is 11.1 Å². The molecule has 1 fully saturated rings. The van der Waals surface area contributed by atoms with E-state index in [1.165, 1.54) is 47.7 Å². The number of amides is 2. The topological polar surface area (TPSA) is 78.5 Å². The molecule has 188 valence electrons. The zero-order valence-electron chi connectivity index (χ0n) is 21.1. The lowest BCUT2D eigenvalue weighted by atomic mass is 9.79. The molecular weight excluding hydrogens is 470 g/mol. The summed E-state index contributed by atoms with van der Waals surface area (Å²) in [6.07, 6.45) is 4.57. The van der Waals surface area contributed by atoms with Crippen molar-refractivity contribution in [2.45, 2.75) is 56.4 Å². The number of urea groups is 1. The van der Waals surface area contributed by atoms with Gasteiger partial charge in [0.2, 0.25) is 10.0 Å². The molecule has 5 rings (SSSR count). The first-order chi connectivity index (χ1) is 17.2. The van der Waals surface area contributed by atoms with Crippen molar-refractivity contribution < 1.29 is 13.2 Å². The van der Waals surface area contributed by atoms with Gasteiger partial charge in [-0.05, 0) is 91.4 Å². The van der Waals surface area contributed by atoms with Gasteiger partial charge >= 0.3 is 6.03 Å². The minimum atomic E-state index is -3.48. The molecule has 0 saturated heterocycles. The average Bonchev–Trinajstić information content (AvgIpc) is 3.48. The third-order valence-electron chi connectivity index (χ3n) is 7.84. The second-order valence-corrected chi connectivity index (χ2v) is 12.0. The molecule has 2 amide bonds. The number of rotatable bonds is 5. The predicted molar refractivity (Wildman–Crippen MR) is 144 cm³/mol. The molecular formula is C29H33N3O3S. The van der Waals surface area contributed by atoms with Crippen LogP contribution in [0.3, 0.4) is 0 Å². The molecule has 1 heterocycles. The zero-order chi connectivity index (χ0) is 25.5. The first-order valence-electron chi connectivity index (χ1n) is 12.5. The second-order valence-electron chi connectivity index (χ2n) is 10.1. The Labute approximate surface area is 213 Å². The molecule has 0 radical (unpaired) electrons. The van der Waals surface area contributed by atoms with Crippen LogP contribution in [0, 0.1) is 13.8 Å². The predicted octanol–water partition coefficient (Wildman–Crippen LogP) is 5.42. The molecule has 0 atom stereocenters. The van der Waals surface area contributed by atoms with Gasteiger partial charge in [-0.1, -0.05) is 49.2 Å². The SMILES string of the molecule is CNS(=O)(=O)c1ccc(CNC(=O)N2CC3(CCCC3)c3cc(-c4c(C)cccc4C)ccc32)cc1. The Hall–Kier alpha value is -3.16. The van der Waals surface area contributed by atoms with E-state index in [4.69, 9.17) is 0 Å². The van der Waals surface area contributed by atoms with Crippen molar-refractivity contribution in [2.24, 2.45) is 0 Å². The molecule has 1 saturated carbocycles. The van der Waals surface area contributed by atoms with E-state index >= 15 is 0 Å². The maximum absolute atomic E-state index is 13.4. The molecule has 0 bridgehead atoms. The number of anilines is 1. The quantitative estimate of drug-likeness (QED) is 0.488. The Bertz CT molecular complexity index is 1390. The smallest absolute Gasteiger partial charge is 0.322 e. The van der Waals surface area contributed by atoms with Crippen molar-refractivity contribution in [3.63, 3.8) is 0 Å². The lowest BCUT2D eigenvalue weighted by Crippen LogP contribution is -2.41. The fourth-order valence-electron chi connectivity index (χ4n) is 5.93. The molecule has 6 nitrogen and oxygen atoms in total. The molecule has 0 unspecified atom stereocenters. The molecule has 1 spiro atoms. The Morgan fingerprint density at radius 3 is 2.28 bits per heavy atom. The molecule has 1 aliphatic carbocycles. The van der Waals surface area contributed by atoms with Crippen LogP contribution in [-0.4, -0.2) is 28.0 Å². The summed E-state index contributed by atoms with van der Waals surface area (Å²) >= 11 is 0. The highest BCUT2D eigenvalue weighted by atomic mass is 32.2. The fourth-order valence-corrected chi connectivity index (χ4v) is 6.66. The van der Waals surface area contributed by atoms with E-state index < -0.39 is 10.0 Å². The molecule has 0 aromatic heterocycles. The summed E-state index contributed by atoms with van der Waals surface area (Å²) in [6, 6.07) is 19.4. The van der Waals surface area contributed by atoms with Crippen LogP contribution in [0.2, 0.25) is 0 Å². The largest absolute Gasteiger partial charge is 0.334 e. The van der Waals surface area contributed by atoms with E-state index in [-0.39, 0.29) is 16.3 Å². The summed E-state index contributed by atoms with van der Waals surface area (Å²) in [4.78, 5) is 15.5. The van der Waals surface area contributed by atoms with E-state index in [9.17, 15) is 13.2 Å². The number of benzene rings is 3. The third kappa shape index (κ3) is 4.31. The minimum absolute atomic E-state index is 0.0163. The zero-order valence-corrected chi connectivity index (χ0v) is 21.9. The maximum Gasteiger partial charge on any atom is 0.322 e. The van der Waals surface area contributed by atoms with Crippen LogP contribution in [0.1, 0.15) is 47.9 Å². The maximum atomic E-state index is 13.4. The number of carbonyl (C=O) groups excluding carboxylic acids is 1. The molecule has 1 aliphatic heterocycles. The van der Waals surface area contributed by atoms with Gasteiger partial charge in [-0.3, -0.25) is 4.90 Å². The van der Waals surface area contributed by atoms with Crippen LogP contribution < -0.4 is 14.9 Å². The van der Waals surface area contributed by atoms with Crippen LogP contribution in [0.4, 0.5) is 10.5 Å². The van der Waals surface area contributed by atoms with E-state index in [1.807, 2.05) is 4.90 Å². The van der Waals surface area contributed by atoms with Crippen molar-refractivity contribution in [2.75, 3.05) is 18.5 Å². The monoisotopic (exact) mass is 503 g/mol. The highest BCUT2D eigenvalue weighted by Crippen LogP contribution is 2.51. The van der Waals surface area contributed by atoms with Crippen molar-refractivity contribution in [1.82, 2.24) is 10.0 Å². The number of hydrogen-bond acceptors (Lipinski definition) is 3. The summed E-state index contributed by atoms with van der Waals surface area (Å²) in [5.41, 5.74) is 8.17. The van der Waals surface area contributed by atoms with Crippen molar-refractivity contribution in [3.05, 3.63) is 82.9 Å². The van der Waals surface area contributed by atoms with E-state index in [0.717, 1.165) is 24.1 Å². The lowest BCUT2D eigenvalue weighted by molar-refractivity contribution is 0.245. The van der Waals surface area contributed by atoms with Gasteiger partial charge in [-0.25, -0.2) is 17.9 Å². The van der Waals surface area contributed by atoms with Gasteiger partial charge in [0.1, 0.15) is 0 Å². The van der Waals surface area contributed by atoms with Crippen molar-refractivity contribution in [1.29, 1.82) is 0 Å². The molecule has 3 aromatic carbocycles. The van der Waals surface area contributed by atoms with Crippen molar-refractivity contribution in [3.8, 4) is 11.1 Å². The first kappa shape index (κ1) is 24.5. The molecule has 36 heavy (non-hydrogen) atoms. The van der Waals surface area contributed by atoms with Gasteiger partial charge in [-0.15, -0.1) is 0 Å². The summed E-state index contributed by atoms with van der Waals surface area (Å²) in [5, 5.41) is 3.05. The summed E-state index contributed by atoms with van der Waals surface area (Å²) in [7, 11) is -2.09. The third-order valence-corrected chi connectivity index (χ3v) is 9.27. The number of hydrogen-bond donors (Lipinski definition) is 2. The lowest BCUT2D eigenvalue weighted by Gasteiger charge is -2.25. The van der Waals surface area contributed by atoms with Crippen LogP contribution in [0.15, 0.2) is 65.6 Å². The Morgan fingerprint density at radius 1 is 0.972 bits per heavy atom. The van der Waals surface area contributed by atoms with Gasteiger partial charge in [0.05, 0.1) is 4.90 Å². The van der Waals surface area contributed by atoms with Gasteiger partial charge < -0.3 is 5.32 Å². The number of aryl methyl sites for hydroxylation is 2. The second kappa shape index (κ2) is 9.37. The van der Waals surface area contributed by atoms with Crippen LogP contribution in [-0.2, 0) is 22.0 Å². The Balaban J connectivity index is 1.40. The number of fused-ring (bicyclic) bond motifs is 2. The van der Waals surface area contributed by atoms with Gasteiger partial charge in [0, 0.05) is 24.2 Å².